The molecular weight excluding hydrogens is 609 g/mol. The van der Waals surface area contributed by atoms with Crippen LogP contribution in [0.2, 0.25) is 0 Å². The van der Waals surface area contributed by atoms with Crippen LogP contribution in [0.4, 0.5) is 22.1 Å². The largest absolute Gasteiger partial charge is 0.444 e. The highest BCUT2D eigenvalue weighted by Gasteiger charge is 2.18. The van der Waals surface area contributed by atoms with Crippen LogP contribution in [-0.4, -0.2) is 32.6 Å². The summed E-state index contributed by atoms with van der Waals surface area (Å²) in [6.45, 7) is 11.7. The quantitative estimate of drug-likeness (QED) is 0.137. The molecule has 0 aliphatic rings. The Kier molecular flexibility index (Phi) is 10.4. The number of hydrogen-bond donors (Lipinski definition) is 3. The molecule has 5 rings (SSSR count). The third-order valence-electron chi connectivity index (χ3n) is 7.19. The van der Waals surface area contributed by atoms with Crippen LogP contribution in [0.1, 0.15) is 81.5 Å². The van der Waals surface area contributed by atoms with Crippen LogP contribution in [0, 0.1) is 0 Å². The molecule has 0 spiro atoms. The Labute approximate surface area is 280 Å². The maximum absolute atomic E-state index is 13.5. The standard InChI is InChI=1S/C37H40N6O3S/c1-7-29(24-11-9-8-10-12-24)41-34(44)25-14-20-32(47-28-17-15-27(16-18-28)39-36(45)46-37(4,5)6)31(21-25)42-35-38-22-26-13-19-30(23(2)3)40-33(26)43-35/h8-23,29H,7H2,1-6H3,(H,39,45)(H,41,44)(H,38,40,42,43)/t29-/m0/s1. The van der Waals surface area contributed by atoms with E-state index in [0.29, 0.717) is 28.5 Å². The van der Waals surface area contributed by atoms with E-state index in [2.05, 4.69) is 41.7 Å². The van der Waals surface area contributed by atoms with Gasteiger partial charge in [0, 0.05) is 38.3 Å². The van der Waals surface area contributed by atoms with E-state index in [0.717, 1.165) is 32.9 Å². The van der Waals surface area contributed by atoms with Gasteiger partial charge in [0.05, 0.1) is 11.7 Å². The Morgan fingerprint density at radius 3 is 2.34 bits per heavy atom. The lowest BCUT2D eigenvalue weighted by Gasteiger charge is -2.19. The van der Waals surface area contributed by atoms with E-state index in [1.165, 1.54) is 11.8 Å². The van der Waals surface area contributed by atoms with Crippen LogP contribution in [-0.2, 0) is 4.74 Å². The summed E-state index contributed by atoms with van der Waals surface area (Å²) in [4.78, 5) is 41.5. The van der Waals surface area contributed by atoms with Crippen molar-refractivity contribution in [3.8, 4) is 0 Å². The van der Waals surface area contributed by atoms with Crippen LogP contribution in [0.3, 0.4) is 0 Å². The minimum atomic E-state index is -0.590. The molecule has 0 bridgehead atoms. The Morgan fingerprint density at radius 2 is 1.66 bits per heavy atom. The smallest absolute Gasteiger partial charge is 0.412 e. The molecule has 0 aliphatic carbocycles. The van der Waals surface area contributed by atoms with Crippen molar-refractivity contribution in [1.29, 1.82) is 0 Å². The molecule has 2 amide bonds. The van der Waals surface area contributed by atoms with Gasteiger partial charge in [0.2, 0.25) is 5.95 Å². The van der Waals surface area contributed by atoms with Crippen LogP contribution in [0.5, 0.6) is 0 Å². The fraction of sp³-hybridized carbons (Fsp3) is 0.270. The second-order valence-electron chi connectivity index (χ2n) is 12.4. The molecule has 2 heterocycles. The van der Waals surface area contributed by atoms with Gasteiger partial charge in [-0.1, -0.05) is 62.9 Å². The molecule has 10 heteroatoms. The SMILES string of the molecule is CC[C@H](NC(=O)c1ccc(Sc2ccc(NC(=O)OC(C)(C)C)cc2)c(Nc2ncc3ccc(C(C)C)nc3n2)c1)c1ccccc1. The highest BCUT2D eigenvalue weighted by Crippen LogP contribution is 2.36. The maximum Gasteiger partial charge on any atom is 0.412 e. The van der Waals surface area contributed by atoms with Gasteiger partial charge in [-0.05, 0) is 93.3 Å². The van der Waals surface area contributed by atoms with Crippen molar-refractivity contribution in [1.82, 2.24) is 20.3 Å². The summed E-state index contributed by atoms with van der Waals surface area (Å²) in [5, 5.41) is 10.1. The van der Waals surface area contributed by atoms with Crippen molar-refractivity contribution < 1.29 is 14.3 Å². The number of pyridine rings is 1. The van der Waals surface area contributed by atoms with E-state index in [1.54, 1.807) is 6.20 Å². The first-order chi connectivity index (χ1) is 22.5. The van der Waals surface area contributed by atoms with E-state index in [4.69, 9.17) is 14.7 Å². The van der Waals surface area contributed by atoms with Gasteiger partial charge in [0.15, 0.2) is 5.65 Å². The number of carbonyl (C=O) groups is 2. The van der Waals surface area contributed by atoms with E-state index >= 15 is 0 Å². The molecule has 0 aliphatic heterocycles. The maximum atomic E-state index is 13.5. The molecule has 5 aromatic rings. The highest BCUT2D eigenvalue weighted by atomic mass is 32.2. The molecule has 47 heavy (non-hydrogen) atoms. The zero-order valence-electron chi connectivity index (χ0n) is 27.5. The predicted octanol–water partition coefficient (Wildman–Crippen LogP) is 9.27. The summed E-state index contributed by atoms with van der Waals surface area (Å²) >= 11 is 1.51. The molecule has 0 saturated heterocycles. The summed E-state index contributed by atoms with van der Waals surface area (Å²) in [6.07, 6.45) is 1.98. The zero-order chi connectivity index (χ0) is 33.6. The number of ether oxygens (including phenoxy) is 1. The van der Waals surface area contributed by atoms with Gasteiger partial charge in [-0.25, -0.2) is 14.8 Å². The average Bonchev–Trinajstić information content (AvgIpc) is 3.04. The average molecular weight is 649 g/mol. The van der Waals surface area contributed by atoms with Crippen LogP contribution >= 0.6 is 11.8 Å². The lowest BCUT2D eigenvalue weighted by molar-refractivity contribution is 0.0635. The Morgan fingerprint density at radius 1 is 0.915 bits per heavy atom. The summed E-state index contributed by atoms with van der Waals surface area (Å²) in [6, 6.07) is 26.8. The van der Waals surface area contributed by atoms with Crippen LogP contribution in [0.25, 0.3) is 11.0 Å². The summed E-state index contributed by atoms with van der Waals surface area (Å²) < 4.78 is 5.36. The number of anilines is 3. The van der Waals surface area contributed by atoms with Crippen molar-refractivity contribution in [3.63, 3.8) is 0 Å². The molecular formula is C37H40N6O3S. The highest BCUT2D eigenvalue weighted by molar-refractivity contribution is 7.99. The van der Waals surface area contributed by atoms with Gasteiger partial charge >= 0.3 is 6.09 Å². The summed E-state index contributed by atoms with van der Waals surface area (Å²) in [5.74, 6) is 0.455. The molecule has 2 aromatic heterocycles. The van der Waals surface area contributed by atoms with Crippen molar-refractivity contribution >= 4 is 52.1 Å². The third-order valence-corrected chi connectivity index (χ3v) is 8.27. The first-order valence-corrected chi connectivity index (χ1v) is 16.5. The number of fused-ring (bicyclic) bond motifs is 1. The van der Waals surface area contributed by atoms with Gasteiger partial charge in [-0.15, -0.1) is 0 Å². The first kappa shape index (κ1) is 33.4. The van der Waals surface area contributed by atoms with E-state index in [1.807, 2.05) is 106 Å². The van der Waals surface area contributed by atoms with Crippen molar-refractivity contribution in [2.24, 2.45) is 0 Å². The van der Waals surface area contributed by atoms with E-state index < -0.39 is 11.7 Å². The number of hydrogen-bond acceptors (Lipinski definition) is 8. The molecule has 0 radical (unpaired) electrons. The number of carbonyl (C=O) groups excluding carboxylic acids is 2. The molecule has 1 atom stereocenters. The van der Waals surface area contributed by atoms with Crippen molar-refractivity contribution in [2.45, 2.75) is 75.3 Å². The second-order valence-corrected chi connectivity index (χ2v) is 13.5. The number of amides is 2. The fourth-order valence-corrected chi connectivity index (χ4v) is 5.67. The number of benzene rings is 3. The number of nitrogens with zero attached hydrogens (tertiary/aromatic N) is 3. The van der Waals surface area contributed by atoms with Crippen LogP contribution < -0.4 is 16.0 Å². The van der Waals surface area contributed by atoms with Gasteiger partial charge in [-0.3, -0.25) is 10.1 Å². The molecule has 0 saturated carbocycles. The normalized spacial score (nSPS) is 12.1. The third kappa shape index (κ3) is 9.07. The lowest BCUT2D eigenvalue weighted by Crippen LogP contribution is -2.28. The monoisotopic (exact) mass is 648 g/mol. The van der Waals surface area contributed by atoms with E-state index in [-0.39, 0.29) is 17.9 Å². The molecule has 3 aromatic carbocycles. The summed E-state index contributed by atoms with van der Waals surface area (Å²) in [7, 11) is 0. The number of rotatable bonds is 10. The zero-order valence-corrected chi connectivity index (χ0v) is 28.3. The van der Waals surface area contributed by atoms with E-state index in [9.17, 15) is 9.59 Å². The van der Waals surface area contributed by atoms with Crippen molar-refractivity contribution in [2.75, 3.05) is 10.6 Å². The molecule has 242 valence electrons. The predicted molar refractivity (Wildman–Crippen MR) is 189 cm³/mol. The minimum absolute atomic E-state index is 0.119. The fourth-order valence-electron chi connectivity index (χ4n) is 4.79. The molecule has 3 N–H and O–H groups in total. The first-order valence-electron chi connectivity index (χ1n) is 15.7. The topological polar surface area (TPSA) is 118 Å². The van der Waals surface area contributed by atoms with Gasteiger partial charge in [0.1, 0.15) is 5.60 Å². The molecule has 0 unspecified atom stereocenters. The Balaban J connectivity index is 1.42. The van der Waals surface area contributed by atoms with Crippen molar-refractivity contribution in [3.05, 3.63) is 108 Å². The second kappa shape index (κ2) is 14.6. The minimum Gasteiger partial charge on any atom is -0.444 e. The van der Waals surface area contributed by atoms with Gasteiger partial charge in [0.25, 0.3) is 5.91 Å². The number of nitrogens with one attached hydrogen (secondary N) is 3. The Hall–Kier alpha value is -4.96. The van der Waals surface area contributed by atoms with Gasteiger partial charge < -0.3 is 15.4 Å². The lowest BCUT2D eigenvalue weighted by atomic mass is 10.0. The Bertz CT molecular complexity index is 1860. The van der Waals surface area contributed by atoms with Crippen LogP contribution in [0.15, 0.2) is 101 Å². The number of aromatic nitrogens is 3. The summed E-state index contributed by atoms with van der Waals surface area (Å²) in [5.41, 5.74) is 3.80. The molecule has 0 fully saturated rings. The van der Waals surface area contributed by atoms with Gasteiger partial charge in [-0.2, -0.15) is 4.98 Å². The molecule has 9 nitrogen and oxygen atoms in total.